The van der Waals surface area contributed by atoms with E-state index in [1.54, 1.807) is 0 Å². The van der Waals surface area contributed by atoms with E-state index in [4.69, 9.17) is 4.74 Å². The number of ether oxygens (including phenoxy) is 1. The predicted molar refractivity (Wildman–Crippen MR) is 105 cm³/mol. The first kappa shape index (κ1) is 17.1. The number of fused-ring (bicyclic) bond motifs is 1. The minimum atomic E-state index is -0.343. The highest BCUT2D eigenvalue weighted by Gasteiger charge is 2.34. The van der Waals surface area contributed by atoms with E-state index in [2.05, 4.69) is 29.6 Å². The lowest BCUT2D eigenvalue weighted by atomic mass is 9.80. The van der Waals surface area contributed by atoms with Crippen LogP contribution in [0.25, 0.3) is 0 Å². The number of methoxy groups -OCH3 is 1. The van der Waals surface area contributed by atoms with Crippen LogP contribution in [0.3, 0.4) is 0 Å². The second-order valence-electron chi connectivity index (χ2n) is 6.67. The van der Waals surface area contributed by atoms with Gasteiger partial charge in [-0.15, -0.1) is 0 Å². The van der Waals surface area contributed by atoms with Gasteiger partial charge in [0.2, 0.25) is 0 Å². The third-order valence-corrected chi connectivity index (χ3v) is 5.12. The number of anilines is 1. The highest BCUT2D eigenvalue weighted by molar-refractivity contribution is 5.73. The van der Waals surface area contributed by atoms with Crippen LogP contribution in [0.4, 0.5) is 11.4 Å². The van der Waals surface area contributed by atoms with E-state index in [1.165, 1.54) is 13.2 Å². The number of rotatable bonds is 4. The van der Waals surface area contributed by atoms with Gasteiger partial charge in [-0.3, -0.25) is 10.1 Å². The first-order valence-corrected chi connectivity index (χ1v) is 8.90. The molecule has 0 aromatic heterocycles. The van der Waals surface area contributed by atoms with Crippen molar-refractivity contribution < 1.29 is 9.66 Å². The summed E-state index contributed by atoms with van der Waals surface area (Å²) in [5.41, 5.74) is 3.79. The van der Waals surface area contributed by atoms with Gasteiger partial charge in [0.05, 0.1) is 24.1 Å². The van der Waals surface area contributed by atoms with Crippen molar-refractivity contribution in [1.82, 2.24) is 0 Å². The molecular formula is C22H20N2O3. The number of hydrogen-bond donors (Lipinski definition) is 1. The third kappa shape index (κ3) is 3.24. The van der Waals surface area contributed by atoms with E-state index in [0.29, 0.717) is 11.4 Å². The van der Waals surface area contributed by atoms with Gasteiger partial charge in [0, 0.05) is 5.92 Å². The van der Waals surface area contributed by atoms with Crippen LogP contribution in [0.1, 0.15) is 35.1 Å². The largest absolute Gasteiger partial charge is 0.496 e. The second-order valence-corrected chi connectivity index (χ2v) is 6.67. The molecule has 27 heavy (non-hydrogen) atoms. The third-order valence-electron chi connectivity index (χ3n) is 5.12. The Hall–Kier alpha value is -3.34. The van der Waals surface area contributed by atoms with Crippen molar-refractivity contribution in [1.29, 1.82) is 0 Å². The lowest BCUT2D eigenvalue weighted by Crippen LogP contribution is -2.23. The minimum absolute atomic E-state index is 0.00370. The van der Waals surface area contributed by atoms with E-state index < -0.39 is 0 Å². The minimum Gasteiger partial charge on any atom is -0.496 e. The Balaban J connectivity index is 1.89. The van der Waals surface area contributed by atoms with Crippen molar-refractivity contribution in [3.8, 4) is 5.75 Å². The van der Waals surface area contributed by atoms with Gasteiger partial charge in [-0.2, -0.15) is 0 Å². The molecule has 1 heterocycles. The summed E-state index contributed by atoms with van der Waals surface area (Å²) < 4.78 is 5.33. The highest BCUT2D eigenvalue weighted by atomic mass is 16.6. The molecule has 5 heteroatoms. The van der Waals surface area contributed by atoms with Gasteiger partial charge in [0.15, 0.2) is 0 Å². The molecule has 1 aliphatic heterocycles. The van der Waals surface area contributed by atoms with Crippen LogP contribution in [-0.2, 0) is 0 Å². The number of nitro benzene ring substituents is 1. The van der Waals surface area contributed by atoms with Gasteiger partial charge in [-0.25, -0.2) is 0 Å². The molecule has 0 unspecified atom stereocenters. The standard InChI is InChI=1S/C22H20N2O3/c1-27-17-12-19-18(15-8-4-2-5-9-15)14-20(16-10-6-3-7-11-16)23-22(19)21(13-17)24(25)26/h2-13,18,20,23H,14H2,1H3/t18-,20+/m1/s1. The Bertz CT molecular complexity index is 958. The van der Waals surface area contributed by atoms with Crippen LogP contribution >= 0.6 is 0 Å². The summed E-state index contributed by atoms with van der Waals surface area (Å²) in [7, 11) is 1.53. The summed E-state index contributed by atoms with van der Waals surface area (Å²) in [6, 6.07) is 23.6. The molecule has 0 bridgehead atoms. The van der Waals surface area contributed by atoms with Crippen molar-refractivity contribution in [2.75, 3.05) is 12.4 Å². The average molecular weight is 360 g/mol. The lowest BCUT2D eigenvalue weighted by Gasteiger charge is -2.34. The molecule has 0 spiro atoms. The number of hydrogen-bond acceptors (Lipinski definition) is 4. The predicted octanol–water partition coefficient (Wildman–Crippen LogP) is 5.29. The molecule has 2 atom stereocenters. The number of nitro groups is 1. The number of nitrogens with one attached hydrogen (secondary N) is 1. The molecule has 3 aromatic rings. The molecule has 0 aliphatic carbocycles. The van der Waals surface area contributed by atoms with E-state index >= 15 is 0 Å². The molecule has 1 N–H and O–H groups in total. The molecule has 3 aromatic carbocycles. The molecule has 0 amide bonds. The maximum absolute atomic E-state index is 11.7. The summed E-state index contributed by atoms with van der Waals surface area (Å²) in [5.74, 6) is 0.544. The van der Waals surface area contributed by atoms with Gasteiger partial charge in [0.1, 0.15) is 11.4 Å². The van der Waals surface area contributed by atoms with Gasteiger partial charge in [0.25, 0.3) is 5.69 Å². The Kier molecular flexibility index (Phi) is 4.50. The van der Waals surface area contributed by atoms with E-state index in [1.807, 2.05) is 42.5 Å². The summed E-state index contributed by atoms with van der Waals surface area (Å²) in [6.07, 6.45) is 0.811. The zero-order valence-corrected chi connectivity index (χ0v) is 15.0. The molecule has 5 nitrogen and oxygen atoms in total. The summed E-state index contributed by atoms with van der Waals surface area (Å²) in [5, 5.41) is 15.2. The quantitative estimate of drug-likeness (QED) is 0.507. The zero-order valence-electron chi connectivity index (χ0n) is 15.0. The Morgan fingerprint density at radius 3 is 2.22 bits per heavy atom. The fourth-order valence-electron chi connectivity index (χ4n) is 3.82. The molecule has 0 saturated heterocycles. The van der Waals surface area contributed by atoms with Crippen LogP contribution < -0.4 is 10.1 Å². The normalized spacial score (nSPS) is 18.3. The number of benzene rings is 3. The van der Waals surface area contributed by atoms with Crippen molar-refractivity contribution in [2.45, 2.75) is 18.4 Å². The maximum atomic E-state index is 11.7. The Morgan fingerprint density at radius 2 is 1.63 bits per heavy atom. The molecule has 0 fully saturated rings. The first-order valence-electron chi connectivity index (χ1n) is 8.90. The molecule has 4 rings (SSSR count). The van der Waals surface area contributed by atoms with Gasteiger partial charge >= 0.3 is 0 Å². The SMILES string of the molecule is COc1cc2c(c([N+](=O)[O-])c1)N[C@H](c1ccccc1)C[C@@H]2c1ccccc1. The van der Waals surface area contributed by atoms with Crippen molar-refractivity contribution >= 4 is 11.4 Å². The monoisotopic (exact) mass is 360 g/mol. The van der Waals surface area contributed by atoms with Crippen LogP contribution in [-0.4, -0.2) is 12.0 Å². The lowest BCUT2D eigenvalue weighted by molar-refractivity contribution is -0.384. The molecule has 0 radical (unpaired) electrons. The van der Waals surface area contributed by atoms with Crippen LogP contribution in [0.15, 0.2) is 72.8 Å². The maximum Gasteiger partial charge on any atom is 0.296 e. The van der Waals surface area contributed by atoms with Gasteiger partial charge < -0.3 is 10.1 Å². The van der Waals surface area contributed by atoms with E-state index in [9.17, 15) is 10.1 Å². The number of nitrogens with zero attached hydrogens (tertiary/aromatic N) is 1. The Labute approximate surface area is 157 Å². The van der Waals surface area contributed by atoms with E-state index in [-0.39, 0.29) is 22.6 Å². The average Bonchev–Trinajstić information content (AvgIpc) is 2.73. The van der Waals surface area contributed by atoms with Crippen molar-refractivity contribution in [3.05, 3.63) is 99.6 Å². The van der Waals surface area contributed by atoms with Crippen molar-refractivity contribution in [3.63, 3.8) is 0 Å². The topological polar surface area (TPSA) is 64.4 Å². The summed E-state index contributed by atoms with van der Waals surface area (Å²) >= 11 is 0. The van der Waals surface area contributed by atoms with Crippen molar-refractivity contribution in [2.24, 2.45) is 0 Å². The molecule has 0 saturated carbocycles. The van der Waals surface area contributed by atoms with Crippen LogP contribution in [0.5, 0.6) is 5.75 Å². The fourth-order valence-corrected chi connectivity index (χ4v) is 3.82. The Morgan fingerprint density at radius 1 is 1.00 bits per heavy atom. The molecule has 136 valence electrons. The summed E-state index contributed by atoms with van der Waals surface area (Å²) in [6.45, 7) is 0. The fraction of sp³-hybridized carbons (Fsp3) is 0.182. The van der Waals surface area contributed by atoms with Gasteiger partial charge in [-0.1, -0.05) is 60.7 Å². The second kappa shape index (κ2) is 7.11. The van der Waals surface area contributed by atoms with Crippen LogP contribution in [0, 0.1) is 10.1 Å². The van der Waals surface area contributed by atoms with E-state index in [0.717, 1.165) is 23.1 Å². The smallest absolute Gasteiger partial charge is 0.296 e. The zero-order chi connectivity index (χ0) is 18.8. The molecule has 1 aliphatic rings. The van der Waals surface area contributed by atoms with Crippen LogP contribution in [0.2, 0.25) is 0 Å². The highest BCUT2D eigenvalue weighted by Crippen LogP contribution is 2.48. The molecular weight excluding hydrogens is 340 g/mol. The summed E-state index contributed by atoms with van der Waals surface area (Å²) in [4.78, 5) is 11.4. The first-order chi connectivity index (χ1) is 13.2. The van der Waals surface area contributed by atoms with Gasteiger partial charge in [-0.05, 0) is 29.2 Å².